The van der Waals surface area contributed by atoms with E-state index in [1.54, 1.807) is 36.4 Å². The van der Waals surface area contributed by atoms with Crippen LogP contribution in [-0.2, 0) is 9.59 Å². The Bertz CT molecular complexity index is 810. The van der Waals surface area contributed by atoms with Crippen LogP contribution in [0.3, 0.4) is 0 Å². The molecule has 0 radical (unpaired) electrons. The number of nitrogens with two attached hydrogens (primary N) is 1. The molecular weight excluding hydrogens is 381 g/mol. The van der Waals surface area contributed by atoms with Crippen molar-refractivity contribution < 1.29 is 19.1 Å². The third-order valence-electron chi connectivity index (χ3n) is 2.92. The normalized spacial score (nSPS) is 10.5. The number of primary amides is 1. The monoisotopic (exact) mass is 395 g/mol. The maximum atomic E-state index is 11.7. The first-order valence-corrected chi connectivity index (χ1v) is 8.10. The van der Waals surface area contributed by atoms with Crippen molar-refractivity contribution in [2.24, 2.45) is 10.8 Å². The number of carbonyl (C=O) groups excluding carboxylic acids is 2. The van der Waals surface area contributed by atoms with E-state index in [0.29, 0.717) is 21.5 Å². The van der Waals surface area contributed by atoms with E-state index in [9.17, 15) is 9.59 Å². The minimum atomic E-state index is -0.555. The van der Waals surface area contributed by atoms with Gasteiger partial charge in [-0.2, -0.15) is 5.10 Å². The molecule has 136 valence electrons. The number of amides is 2. The molecule has 3 N–H and O–H groups in total. The SMILES string of the molecule is NC(=O)COc1ccc(/C=N/NC(=O)COc2ccc(Cl)cc2Cl)cc1. The molecule has 26 heavy (non-hydrogen) atoms. The van der Waals surface area contributed by atoms with Gasteiger partial charge in [-0.1, -0.05) is 23.2 Å². The summed E-state index contributed by atoms with van der Waals surface area (Å²) >= 11 is 11.7. The van der Waals surface area contributed by atoms with Gasteiger partial charge in [0, 0.05) is 5.02 Å². The quantitative estimate of drug-likeness (QED) is 0.528. The van der Waals surface area contributed by atoms with E-state index in [4.69, 9.17) is 38.4 Å². The number of hydrogen-bond donors (Lipinski definition) is 2. The summed E-state index contributed by atoms with van der Waals surface area (Å²) in [6, 6.07) is 11.4. The molecule has 0 spiro atoms. The van der Waals surface area contributed by atoms with Crippen LogP contribution in [-0.4, -0.2) is 31.2 Å². The minimum absolute atomic E-state index is 0.193. The van der Waals surface area contributed by atoms with Gasteiger partial charge in [-0.3, -0.25) is 9.59 Å². The summed E-state index contributed by atoms with van der Waals surface area (Å²) in [6.07, 6.45) is 1.45. The Balaban J connectivity index is 1.78. The van der Waals surface area contributed by atoms with Gasteiger partial charge in [0.25, 0.3) is 11.8 Å². The van der Waals surface area contributed by atoms with Gasteiger partial charge in [-0.15, -0.1) is 0 Å². The van der Waals surface area contributed by atoms with Crippen molar-refractivity contribution >= 4 is 41.2 Å². The van der Waals surface area contributed by atoms with Crippen LogP contribution in [0.4, 0.5) is 0 Å². The molecule has 0 aliphatic rings. The van der Waals surface area contributed by atoms with Crippen LogP contribution in [0.1, 0.15) is 5.56 Å². The zero-order valence-electron chi connectivity index (χ0n) is 13.4. The van der Waals surface area contributed by atoms with Crippen molar-refractivity contribution in [3.05, 3.63) is 58.1 Å². The van der Waals surface area contributed by atoms with Crippen LogP contribution in [0.25, 0.3) is 0 Å². The Morgan fingerprint density at radius 3 is 2.46 bits per heavy atom. The number of rotatable bonds is 8. The number of hydrogen-bond acceptors (Lipinski definition) is 5. The van der Waals surface area contributed by atoms with E-state index in [0.717, 1.165) is 5.56 Å². The summed E-state index contributed by atoms with van der Waals surface area (Å²) in [4.78, 5) is 22.3. The van der Waals surface area contributed by atoms with Crippen molar-refractivity contribution in [3.63, 3.8) is 0 Å². The molecule has 0 fully saturated rings. The van der Waals surface area contributed by atoms with Gasteiger partial charge in [0.1, 0.15) is 11.5 Å². The van der Waals surface area contributed by atoms with Crippen molar-refractivity contribution in [2.75, 3.05) is 13.2 Å². The summed E-state index contributed by atoms with van der Waals surface area (Å²) in [5.41, 5.74) is 8.04. The van der Waals surface area contributed by atoms with Crippen molar-refractivity contribution in [1.29, 1.82) is 0 Å². The second kappa shape index (κ2) is 9.65. The zero-order valence-corrected chi connectivity index (χ0v) is 15.0. The van der Waals surface area contributed by atoms with Crippen LogP contribution >= 0.6 is 23.2 Å². The fourth-order valence-electron chi connectivity index (χ4n) is 1.75. The highest BCUT2D eigenvalue weighted by Gasteiger charge is 2.05. The van der Waals surface area contributed by atoms with E-state index >= 15 is 0 Å². The zero-order chi connectivity index (χ0) is 18.9. The fourth-order valence-corrected chi connectivity index (χ4v) is 2.21. The first-order valence-electron chi connectivity index (χ1n) is 7.35. The number of benzene rings is 2. The average molecular weight is 396 g/mol. The highest BCUT2D eigenvalue weighted by atomic mass is 35.5. The van der Waals surface area contributed by atoms with E-state index in [1.807, 2.05) is 0 Å². The molecule has 0 aliphatic carbocycles. The molecule has 7 nitrogen and oxygen atoms in total. The lowest BCUT2D eigenvalue weighted by Gasteiger charge is -2.07. The van der Waals surface area contributed by atoms with Crippen LogP contribution in [0.15, 0.2) is 47.6 Å². The molecule has 0 saturated carbocycles. The van der Waals surface area contributed by atoms with E-state index in [-0.39, 0.29) is 13.2 Å². The third-order valence-corrected chi connectivity index (χ3v) is 3.45. The molecule has 0 atom stereocenters. The number of ether oxygens (including phenoxy) is 2. The third kappa shape index (κ3) is 6.62. The highest BCUT2D eigenvalue weighted by Crippen LogP contribution is 2.27. The first-order chi connectivity index (χ1) is 12.4. The molecule has 0 heterocycles. The molecule has 0 saturated heterocycles. The molecule has 0 bridgehead atoms. The summed E-state index contributed by atoms with van der Waals surface area (Å²) in [5.74, 6) is -0.158. The highest BCUT2D eigenvalue weighted by molar-refractivity contribution is 6.35. The van der Waals surface area contributed by atoms with Gasteiger partial charge in [0.15, 0.2) is 13.2 Å². The fraction of sp³-hybridized carbons (Fsp3) is 0.118. The van der Waals surface area contributed by atoms with Crippen LogP contribution in [0, 0.1) is 0 Å². The average Bonchev–Trinajstić information content (AvgIpc) is 2.60. The van der Waals surface area contributed by atoms with Crippen LogP contribution in [0.5, 0.6) is 11.5 Å². The molecule has 0 aromatic heterocycles. The van der Waals surface area contributed by atoms with Gasteiger partial charge < -0.3 is 15.2 Å². The first kappa shape index (κ1) is 19.6. The summed E-state index contributed by atoms with van der Waals surface area (Å²) in [7, 11) is 0. The Hall–Kier alpha value is -2.77. The second-order valence-electron chi connectivity index (χ2n) is 4.98. The predicted molar refractivity (Wildman–Crippen MR) is 98.8 cm³/mol. The molecule has 9 heteroatoms. The number of nitrogens with zero attached hydrogens (tertiary/aromatic N) is 1. The van der Waals surface area contributed by atoms with Gasteiger partial charge in [-0.25, -0.2) is 5.43 Å². The minimum Gasteiger partial charge on any atom is -0.484 e. The van der Waals surface area contributed by atoms with E-state index in [2.05, 4.69) is 10.5 Å². The number of nitrogens with one attached hydrogen (secondary N) is 1. The molecule has 0 aliphatic heterocycles. The van der Waals surface area contributed by atoms with Gasteiger partial charge >= 0.3 is 0 Å². The lowest BCUT2D eigenvalue weighted by atomic mass is 10.2. The van der Waals surface area contributed by atoms with Crippen LogP contribution in [0.2, 0.25) is 10.0 Å². The molecule has 2 amide bonds. The lowest BCUT2D eigenvalue weighted by molar-refractivity contribution is -0.123. The van der Waals surface area contributed by atoms with Crippen molar-refractivity contribution in [2.45, 2.75) is 0 Å². The van der Waals surface area contributed by atoms with Crippen molar-refractivity contribution in [3.8, 4) is 11.5 Å². The lowest BCUT2D eigenvalue weighted by Crippen LogP contribution is -2.24. The smallest absolute Gasteiger partial charge is 0.277 e. The Morgan fingerprint density at radius 2 is 1.81 bits per heavy atom. The van der Waals surface area contributed by atoms with E-state index in [1.165, 1.54) is 12.3 Å². The number of hydrazone groups is 1. The molecule has 2 aromatic carbocycles. The Kier molecular flexibility index (Phi) is 7.25. The molecule has 2 aromatic rings. The number of carbonyl (C=O) groups is 2. The molecular formula is C17H15Cl2N3O4. The Morgan fingerprint density at radius 1 is 1.08 bits per heavy atom. The van der Waals surface area contributed by atoms with Crippen molar-refractivity contribution in [1.82, 2.24) is 5.43 Å². The maximum absolute atomic E-state index is 11.7. The summed E-state index contributed by atoms with van der Waals surface area (Å²) < 4.78 is 10.4. The molecule has 0 unspecified atom stereocenters. The standard InChI is InChI=1S/C17H15Cl2N3O4/c18-12-3-6-15(14(19)7-12)26-10-17(24)22-21-8-11-1-4-13(5-2-11)25-9-16(20)23/h1-8H,9-10H2,(H2,20,23)(H,22,24)/b21-8+. The number of halogens is 2. The summed E-state index contributed by atoms with van der Waals surface area (Å²) in [5, 5.41) is 4.61. The van der Waals surface area contributed by atoms with Crippen LogP contribution < -0.4 is 20.6 Å². The van der Waals surface area contributed by atoms with E-state index < -0.39 is 11.8 Å². The van der Waals surface area contributed by atoms with Gasteiger partial charge in [0.05, 0.1) is 11.2 Å². The summed E-state index contributed by atoms with van der Waals surface area (Å²) in [6.45, 7) is -0.445. The maximum Gasteiger partial charge on any atom is 0.277 e. The van der Waals surface area contributed by atoms with Gasteiger partial charge in [-0.05, 0) is 48.0 Å². The predicted octanol–water partition coefficient (Wildman–Crippen LogP) is 2.39. The largest absolute Gasteiger partial charge is 0.484 e. The second-order valence-corrected chi connectivity index (χ2v) is 5.82. The molecule has 2 rings (SSSR count). The topological polar surface area (TPSA) is 103 Å². The Labute approximate surface area is 159 Å². The van der Waals surface area contributed by atoms with Gasteiger partial charge in [0.2, 0.25) is 0 Å².